The van der Waals surface area contributed by atoms with Crippen LogP contribution in [0.4, 0.5) is 0 Å². The Hall–Kier alpha value is -2.70. The second-order valence-corrected chi connectivity index (χ2v) is 5.64. The van der Waals surface area contributed by atoms with Crippen molar-refractivity contribution in [3.63, 3.8) is 0 Å². The van der Waals surface area contributed by atoms with E-state index in [-0.39, 0.29) is 0 Å². The molecule has 1 N–H and O–H groups in total. The molecule has 4 rings (SSSR count). The predicted octanol–water partition coefficient (Wildman–Crippen LogP) is 1.08. The largest absolute Gasteiger partial charge is 0.334 e. The first-order valence-electron chi connectivity index (χ1n) is 7.34. The summed E-state index contributed by atoms with van der Waals surface area (Å²) in [5, 5.41) is 4.41. The summed E-state index contributed by atoms with van der Waals surface area (Å²) in [6.45, 7) is 2.18. The van der Waals surface area contributed by atoms with Crippen molar-refractivity contribution in [1.29, 1.82) is 0 Å². The van der Waals surface area contributed by atoms with Crippen molar-refractivity contribution >= 4 is 5.65 Å². The van der Waals surface area contributed by atoms with Crippen LogP contribution in [-0.2, 0) is 0 Å². The topological polar surface area (TPSA) is 85.0 Å². The van der Waals surface area contributed by atoms with Crippen molar-refractivity contribution in [3.8, 4) is 5.82 Å². The van der Waals surface area contributed by atoms with E-state index in [1.165, 1.54) is 16.8 Å². The standard InChI is InChI=1S/C15H15N5O2/c1-2-9-7-10(9)11-8-12(18-20-6-4-16-14(11)20)19-5-3-13(21)17-15(19)22/h3-6,8-10H,2,7H2,1H3,(H,17,21,22)/t9-,10-/m0/s1. The number of hydrogen-bond acceptors (Lipinski definition) is 4. The Balaban J connectivity index is 1.92. The maximum absolute atomic E-state index is 12.0. The normalized spacial score (nSPS) is 20.4. The molecule has 0 aliphatic heterocycles. The van der Waals surface area contributed by atoms with Crippen LogP contribution in [0.1, 0.15) is 31.2 Å². The molecule has 3 aromatic heterocycles. The van der Waals surface area contributed by atoms with Crippen LogP contribution >= 0.6 is 0 Å². The van der Waals surface area contributed by atoms with Crippen molar-refractivity contribution in [2.45, 2.75) is 25.7 Å². The van der Waals surface area contributed by atoms with E-state index in [4.69, 9.17) is 0 Å². The summed E-state index contributed by atoms with van der Waals surface area (Å²) >= 11 is 0. The molecule has 22 heavy (non-hydrogen) atoms. The van der Waals surface area contributed by atoms with Crippen molar-refractivity contribution < 1.29 is 0 Å². The van der Waals surface area contributed by atoms with Crippen LogP contribution in [0.2, 0.25) is 0 Å². The predicted molar refractivity (Wildman–Crippen MR) is 80.3 cm³/mol. The van der Waals surface area contributed by atoms with E-state index < -0.39 is 11.2 Å². The lowest BCUT2D eigenvalue weighted by molar-refractivity contribution is 0.756. The molecule has 0 saturated heterocycles. The molecule has 3 aromatic rings. The Morgan fingerprint density at radius 3 is 2.95 bits per heavy atom. The number of imidazole rings is 1. The molecular weight excluding hydrogens is 282 g/mol. The van der Waals surface area contributed by atoms with Crippen LogP contribution in [0.5, 0.6) is 0 Å². The molecule has 7 heteroatoms. The average Bonchev–Trinajstić information content (AvgIpc) is 3.14. The van der Waals surface area contributed by atoms with Gasteiger partial charge in [0.2, 0.25) is 0 Å². The van der Waals surface area contributed by atoms with E-state index in [0.717, 1.165) is 24.1 Å². The number of nitrogens with zero attached hydrogens (tertiary/aromatic N) is 4. The quantitative estimate of drug-likeness (QED) is 0.784. The van der Waals surface area contributed by atoms with Crippen LogP contribution in [0.25, 0.3) is 11.5 Å². The van der Waals surface area contributed by atoms with Gasteiger partial charge in [-0.15, -0.1) is 5.10 Å². The summed E-state index contributed by atoms with van der Waals surface area (Å²) in [4.78, 5) is 29.8. The Morgan fingerprint density at radius 2 is 2.23 bits per heavy atom. The van der Waals surface area contributed by atoms with Crippen LogP contribution in [0.15, 0.2) is 40.3 Å². The van der Waals surface area contributed by atoms with Gasteiger partial charge in [0.1, 0.15) is 0 Å². The number of aromatic amines is 1. The van der Waals surface area contributed by atoms with E-state index in [2.05, 4.69) is 22.0 Å². The van der Waals surface area contributed by atoms with Crippen LogP contribution in [0, 0.1) is 5.92 Å². The van der Waals surface area contributed by atoms with Gasteiger partial charge < -0.3 is 0 Å². The van der Waals surface area contributed by atoms with Crippen molar-refractivity contribution in [1.82, 2.24) is 24.1 Å². The maximum atomic E-state index is 12.0. The second kappa shape index (κ2) is 4.66. The molecule has 1 fully saturated rings. The lowest BCUT2D eigenvalue weighted by Crippen LogP contribution is -2.28. The van der Waals surface area contributed by atoms with E-state index in [1.54, 1.807) is 16.9 Å². The first-order valence-corrected chi connectivity index (χ1v) is 7.34. The summed E-state index contributed by atoms with van der Waals surface area (Å²) in [7, 11) is 0. The van der Waals surface area contributed by atoms with E-state index in [9.17, 15) is 9.59 Å². The summed E-state index contributed by atoms with van der Waals surface area (Å²) in [5.74, 6) is 1.63. The Bertz CT molecular complexity index is 968. The molecule has 0 amide bonds. The number of H-pyrrole nitrogens is 1. The highest BCUT2D eigenvalue weighted by Crippen LogP contribution is 2.50. The zero-order valence-electron chi connectivity index (χ0n) is 12.1. The van der Waals surface area contributed by atoms with Gasteiger partial charge in [-0.2, -0.15) is 0 Å². The fraction of sp³-hybridized carbons (Fsp3) is 0.333. The number of nitrogens with one attached hydrogen (secondary N) is 1. The maximum Gasteiger partial charge on any atom is 0.334 e. The molecule has 0 bridgehead atoms. The first kappa shape index (κ1) is 13.0. The van der Waals surface area contributed by atoms with Gasteiger partial charge in [0, 0.05) is 30.2 Å². The highest BCUT2D eigenvalue weighted by atomic mass is 16.2. The highest BCUT2D eigenvalue weighted by Gasteiger charge is 2.38. The molecule has 2 atom stereocenters. The highest BCUT2D eigenvalue weighted by molar-refractivity contribution is 5.53. The summed E-state index contributed by atoms with van der Waals surface area (Å²) in [6.07, 6.45) is 7.19. The number of fused-ring (bicyclic) bond motifs is 1. The zero-order chi connectivity index (χ0) is 15.3. The van der Waals surface area contributed by atoms with Gasteiger partial charge in [0.25, 0.3) is 5.56 Å². The van der Waals surface area contributed by atoms with Gasteiger partial charge in [-0.25, -0.2) is 14.3 Å². The van der Waals surface area contributed by atoms with Crippen molar-refractivity contribution in [2.24, 2.45) is 5.92 Å². The fourth-order valence-corrected chi connectivity index (χ4v) is 3.00. The molecular formula is C15H15N5O2. The number of aromatic nitrogens is 5. The minimum Gasteiger partial charge on any atom is -0.274 e. The third-order valence-electron chi connectivity index (χ3n) is 4.29. The molecule has 0 spiro atoms. The molecule has 7 nitrogen and oxygen atoms in total. The molecule has 1 saturated carbocycles. The smallest absolute Gasteiger partial charge is 0.274 e. The van der Waals surface area contributed by atoms with Gasteiger partial charge >= 0.3 is 5.69 Å². The molecule has 0 unspecified atom stereocenters. The second-order valence-electron chi connectivity index (χ2n) is 5.64. The van der Waals surface area contributed by atoms with Crippen LogP contribution in [0.3, 0.4) is 0 Å². The third kappa shape index (κ3) is 1.97. The number of rotatable bonds is 3. The van der Waals surface area contributed by atoms with Gasteiger partial charge in [-0.05, 0) is 24.3 Å². The zero-order valence-corrected chi connectivity index (χ0v) is 12.1. The molecule has 0 aromatic carbocycles. The van der Waals surface area contributed by atoms with Crippen molar-refractivity contribution in [2.75, 3.05) is 0 Å². The minimum atomic E-state index is -0.492. The van der Waals surface area contributed by atoms with Crippen LogP contribution in [-0.4, -0.2) is 24.1 Å². The van der Waals surface area contributed by atoms with Gasteiger partial charge in [0.15, 0.2) is 11.5 Å². The SMILES string of the molecule is CC[C@H]1C[C@@H]1c1cc(-n2ccc(=O)[nH]c2=O)nn2ccnc12. The Morgan fingerprint density at radius 1 is 1.36 bits per heavy atom. The lowest BCUT2D eigenvalue weighted by Gasteiger charge is -2.08. The third-order valence-corrected chi connectivity index (χ3v) is 4.29. The van der Waals surface area contributed by atoms with Gasteiger partial charge in [0.05, 0.1) is 0 Å². The summed E-state index contributed by atoms with van der Waals surface area (Å²) in [6, 6.07) is 3.22. The monoisotopic (exact) mass is 297 g/mol. The summed E-state index contributed by atoms with van der Waals surface area (Å²) in [5.41, 5.74) is 1.04. The lowest BCUT2D eigenvalue weighted by atomic mass is 10.1. The molecule has 0 radical (unpaired) electrons. The number of hydrogen-bond donors (Lipinski definition) is 1. The van der Waals surface area contributed by atoms with Gasteiger partial charge in [-0.1, -0.05) is 13.3 Å². The minimum absolute atomic E-state index is 0.418. The molecule has 3 heterocycles. The van der Waals surface area contributed by atoms with E-state index >= 15 is 0 Å². The summed E-state index contributed by atoms with van der Waals surface area (Å²) < 4.78 is 3.03. The molecule has 112 valence electrons. The Kier molecular flexibility index (Phi) is 2.75. The van der Waals surface area contributed by atoms with Gasteiger partial charge in [-0.3, -0.25) is 14.3 Å². The van der Waals surface area contributed by atoms with Crippen molar-refractivity contribution in [3.05, 3.63) is 57.1 Å². The Labute approximate surface area is 125 Å². The van der Waals surface area contributed by atoms with Crippen LogP contribution < -0.4 is 11.2 Å². The first-order chi connectivity index (χ1) is 10.7. The van der Waals surface area contributed by atoms with E-state index in [0.29, 0.717) is 17.7 Å². The van der Waals surface area contributed by atoms with E-state index in [1.807, 2.05) is 6.07 Å². The molecule has 1 aliphatic rings. The average molecular weight is 297 g/mol. The fourth-order valence-electron chi connectivity index (χ4n) is 3.00. The molecule has 1 aliphatic carbocycles.